The molecule has 0 unspecified atom stereocenters. The number of fused-ring (bicyclic) bond motifs is 1. The van der Waals surface area contributed by atoms with Crippen LogP contribution in [0.3, 0.4) is 0 Å². The van der Waals surface area contributed by atoms with Gasteiger partial charge in [-0.3, -0.25) is 0 Å². The van der Waals surface area contributed by atoms with Crippen molar-refractivity contribution in [3.8, 4) is 0 Å². The Morgan fingerprint density at radius 2 is 1.39 bits per heavy atom. The van der Waals surface area contributed by atoms with E-state index >= 15 is 0 Å². The van der Waals surface area contributed by atoms with E-state index in [9.17, 15) is 26.4 Å². The maximum Gasteiger partial charge on any atom is 0.333 e. The second-order valence-electron chi connectivity index (χ2n) is 8.64. The van der Waals surface area contributed by atoms with E-state index in [1.807, 2.05) is 4.72 Å². The second-order valence-corrected chi connectivity index (χ2v) is 12.3. The number of anilines is 1. The fourth-order valence-electron chi connectivity index (χ4n) is 4.09. The molecule has 0 saturated carbocycles. The van der Waals surface area contributed by atoms with E-state index in [0.29, 0.717) is 24.1 Å². The number of halogens is 1. The lowest BCUT2D eigenvalue weighted by molar-refractivity contribution is 0.206. The Hall–Kier alpha value is -3.61. The molecule has 0 aromatic heterocycles. The lowest BCUT2D eigenvalue weighted by Gasteiger charge is -2.20. The molecule has 4 amide bonds. The molecule has 0 radical (unpaired) electrons. The fourth-order valence-corrected chi connectivity index (χ4v) is 6.74. The highest BCUT2D eigenvalue weighted by atomic mass is 35.5. The lowest BCUT2D eigenvalue weighted by Crippen LogP contribution is -2.44. The topological polar surface area (TPSA) is 142 Å². The molecule has 3 N–H and O–H groups in total. The summed E-state index contributed by atoms with van der Waals surface area (Å²) >= 11 is 5.98. The van der Waals surface area contributed by atoms with Crippen molar-refractivity contribution < 1.29 is 26.4 Å². The molecule has 200 valence electrons. The van der Waals surface area contributed by atoms with Crippen molar-refractivity contribution in [3.63, 3.8) is 0 Å². The summed E-state index contributed by atoms with van der Waals surface area (Å²) in [5.41, 5.74) is 2.65. The van der Waals surface area contributed by atoms with E-state index in [-0.39, 0.29) is 27.9 Å². The monoisotopic (exact) mass is 576 g/mol. The summed E-state index contributed by atoms with van der Waals surface area (Å²) in [4.78, 5) is 26.4. The van der Waals surface area contributed by atoms with E-state index in [1.54, 1.807) is 49.4 Å². The van der Waals surface area contributed by atoms with Crippen molar-refractivity contribution in [2.75, 3.05) is 18.4 Å². The number of sulfonamides is 2. The molecule has 0 spiro atoms. The third-order valence-corrected chi connectivity index (χ3v) is 9.32. The van der Waals surface area contributed by atoms with Crippen LogP contribution in [0.15, 0.2) is 76.5 Å². The first-order valence-electron chi connectivity index (χ1n) is 11.5. The zero-order valence-corrected chi connectivity index (χ0v) is 22.7. The number of amides is 4. The largest absolute Gasteiger partial charge is 0.333 e. The molecule has 0 fully saturated rings. The Bertz CT molecular complexity index is 1610. The number of benzene rings is 3. The first-order valence-corrected chi connectivity index (χ1v) is 14.9. The molecule has 0 aliphatic carbocycles. The van der Waals surface area contributed by atoms with Crippen molar-refractivity contribution in [2.45, 2.75) is 29.6 Å². The first kappa shape index (κ1) is 27.4. The van der Waals surface area contributed by atoms with Crippen molar-refractivity contribution in [3.05, 3.63) is 88.4 Å². The average molecular weight is 577 g/mol. The molecule has 0 atom stereocenters. The molecule has 3 aromatic carbocycles. The minimum absolute atomic E-state index is 0.00633. The molecule has 38 heavy (non-hydrogen) atoms. The molecule has 10 nitrogen and oxygen atoms in total. The van der Waals surface area contributed by atoms with Gasteiger partial charge in [-0.2, -0.15) is 0 Å². The summed E-state index contributed by atoms with van der Waals surface area (Å²) < 4.78 is 54.5. The van der Waals surface area contributed by atoms with Crippen LogP contribution in [0.2, 0.25) is 5.02 Å². The quantitative estimate of drug-likeness (QED) is 0.423. The second kappa shape index (κ2) is 11.0. The van der Waals surface area contributed by atoms with Crippen LogP contribution < -0.4 is 14.8 Å². The van der Waals surface area contributed by atoms with Gasteiger partial charge < -0.3 is 10.2 Å². The number of rotatable bonds is 5. The molecule has 0 bridgehead atoms. The summed E-state index contributed by atoms with van der Waals surface area (Å²) in [6, 6.07) is 15.6. The van der Waals surface area contributed by atoms with Crippen molar-refractivity contribution in [1.29, 1.82) is 0 Å². The molecule has 4 rings (SSSR count). The number of nitrogens with one attached hydrogen (secondary N) is 3. The summed E-state index contributed by atoms with van der Waals surface area (Å²) in [6.07, 6.45) is 0.858. The van der Waals surface area contributed by atoms with E-state index < -0.39 is 32.1 Å². The van der Waals surface area contributed by atoms with E-state index in [0.717, 1.165) is 11.1 Å². The van der Waals surface area contributed by atoms with E-state index in [1.165, 1.54) is 29.2 Å². The number of carbonyl (C=O) groups excluding carboxylic acids is 2. The Morgan fingerprint density at radius 1 is 0.789 bits per heavy atom. The van der Waals surface area contributed by atoms with Gasteiger partial charge in [0.2, 0.25) is 0 Å². The zero-order chi connectivity index (χ0) is 27.5. The third-order valence-electron chi connectivity index (χ3n) is 6.01. The summed E-state index contributed by atoms with van der Waals surface area (Å²) in [5.74, 6) is 0. The number of aryl methyl sites for hydroxylation is 1. The average Bonchev–Trinajstić information content (AvgIpc) is 3.06. The third kappa shape index (κ3) is 6.26. The highest BCUT2D eigenvalue weighted by molar-refractivity contribution is 7.90. The lowest BCUT2D eigenvalue weighted by atomic mass is 10.0. The molecular weight excluding hydrogens is 552 g/mol. The zero-order valence-electron chi connectivity index (χ0n) is 20.3. The molecule has 3 aromatic rings. The summed E-state index contributed by atoms with van der Waals surface area (Å²) in [7, 11) is -8.21. The van der Waals surface area contributed by atoms with Crippen LogP contribution in [-0.4, -0.2) is 46.9 Å². The molecular formula is C25H25ClN4O6S2. The van der Waals surface area contributed by atoms with Crippen LogP contribution in [0.1, 0.15) is 16.7 Å². The summed E-state index contributed by atoms with van der Waals surface area (Å²) in [5, 5.41) is 2.54. The van der Waals surface area contributed by atoms with Gasteiger partial charge >= 0.3 is 12.1 Å². The normalized spacial score (nSPS) is 13.7. The molecule has 13 heteroatoms. The van der Waals surface area contributed by atoms with Gasteiger partial charge in [0, 0.05) is 18.8 Å². The van der Waals surface area contributed by atoms with Crippen molar-refractivity contribution >= 4 is 49.4 Å². The SMILES string of the molecule is Cc1ccccc1S(=O)(=O)NC(=O)Nc1ccc2c(c1)CCN(C(=O)NS(=O)(=O)c1ccccc1Cl)CC2. The van der Waals surface area contributed by atoms with Crippen LogP contribution in [0, 0.1) is 6.92 Å². The van der Waals surface area contributed by atoms with Crippen LogP contribution in [0.25, 0.3) is 0 Å². The molecule has 1 aliphatic heterocycles. The summed E-state index contributed by atoms with van der Waals surface area (Å²) in [6.45, 7) is 2.14. The van der Waals surface area contributed by atoms with Crippen molar-refractivity contribution in [1.82, 2.24) is 14.3 Å². The predicted octanol–water partition coefficient (Wildman–Crippen LogP) is 3.66. The van der Waals surface area contributed by atoms with Crippen molar-refractivity contribution in [2.24, 2.45) is 0 Å². The van der Waals surface area contributed by atoms with E-state index in [2.05, 4.69) is 10.0 Å². The smallest absolute Gasteiger partial charge is 0.323 e. The first-order chi connectivity index (χ1) is 18.0. The van der Waals surface area contributed by atoms with Gasteiger partial charge in [0.25, 0.3) is 20.0 Å². The number of carbonyl (C=O) groups is 2. The number of hydrogen-bond donors (Lipinski definition) is 3. The van der Waals surface area contributed by atoms with Gasteiger partial charge in [0.15, 0.2) is 0 Å². The van der Waals surface area contributed by atoms with Gasteiger partial charge in [-0.1, -0.05) is 48.0 Å². The minimum atomic E-state index is -4.15. The maximum absolute atomic E-state index is 12.8. The fraction of sp³-hybridized carbons (Fsp3) is 0.200. The highest BCUT2D eigenvalue weighted by Crippen LogP contribution is 2.23. The minimum Gasteiger partial charge on any atom is -0.323 e. The van der Waals surface area contributed by atoms with Crippen LogP contribution in [-0.2, 0) is 32.9 Å². The predicted molar refractivity (Wildman–Crippen MR) is 143 cm³/mol. The Balaban J connectivity index is 1.40. The van der Waals surface area contributed by atoms with Crippen LogP contribution in [0.4, 0.5) is 15.3 Å². The van der Waals surface area contributed by atoms with Crippen LogP contribution >= 0.6 is 11.6 Å². The molecule has 0 saturated heterocycles. The standard InChI is InChI=1S/C25H25ClN4O6S2/c1-17-6-2-4-8-22(17)37(33,34)28-24(31)27-20-11-10-18-12-14-30(15-13-19(18)16-20)25(32)29-38(35,36)23-9-5-3-7-21(23)26/h2-11,16H,12-15H2,1H3,(H,29,32)(H2,27,28,31). The molecule has 1 aliphatic rings. The molecule has 1 heterocycles. The van der Waals surface area contributed by atoms with E-state index in [4.69, 9.17) is 11.6 Å². The number of hydrogen-bond acceptors (Lipinski definition) is 6. The van der Waals surface area contributed by atoms with Crippen LogP contribution in [0.5, 0.6) is 0 Å². The van der Waals surface area contributed by atoms with Gasteiger partial charge in [0.05, 0.1) is 9.92 Å². The Morgan fingerprint density at radius 3 is 2.08 bits per heavy atom. The maximum atomic E-state index is 12.8. The van der Waals surface area contributed by atoms with Gasteiger partial charge in [-0.25, -0.2) is 35.9 Å². The number of urea groups is 2. The Kier molecular flexibility index (Phi) is 7.95. The Labute approximate surface area is 226 Å². The van der Waals surface area contributed by atoms with Gasteiger partial charge in [0.1, 0.15) is 4.90 Å². The van der Waals surface area contributed by atoms with Gasteiger partial charge in [-0.05, 0) is 66.8 Å². The van der Waals surface area contributed by atoms with Gasteiger partial charge in [-0.15, -0.1) is 0 Å². The highest BCUT2D eigenvalue weighted by Gasteiger charge is 2.26. The number of nitrogens with zero attached hydrogens (tertiary/aromatic N) is 1.